The first-order valence-corrected chi connectivity index (χ1v) is 5.37. The topological polar surface area (TPSA) is 42.2 Å². The molecule has 72 valence electrons. The van der Waals surface area contributed by atoms with Gasteiger partial charge in [-0.05, 0) is 18.4 Å². The summed E-state index contributed by atoms with van der Waals surface area (Å²) in [5.41, 5.74) is 0. The van der Waals surface area contributed by atoms with Crippen LogP contribution in [-0.2, 0) is 0 Å². The molecular weight excluding hydrogens is 186 g/mol. The first kappa shape index (κ1) is 10.2. The van der Waals surface area contributed by atoms with E-state index in [2.05, 4.69) is 12.2 Å². The molecule has 1 rings (SSSR count). The van der Waals surface area contributed by atoms with Gasteiger partial charge in [0.05, 0.1) is 6.26 Å². The molecule has 0 aromatic carbocycles. The standard InChI is InChI=1S/C9H13NO2S/c1-7(13-2)6-10-9(11)8-4-3-5-12-8/h3-5,7H,6H2,1-2H3,(H,10,11). The van der Waals surface area contributed by atoms with Gasteiger partial charge in [-0.1, -0.05) is 6.92 Å². The average Bonchev–Trinajstić information content (AvgIpc) is 2.66. The monoisotopic (exact) mass is 199 g/mol. The Balaban J connectivity index is 2.35. The quantitative estimate of drug-likeness (QED) is 0.803. The zero-order valence-corrected chi connectivity index (χ0v) is 8.56. The summed E-state index contributed by atoms with van der Waals surface area (Å²) >= 11 is 1.72. The maximum absolute atomic E-state index is 11.3. The van der Waals surface area contributed by atoms with Crippen LogP contribution in [0.25, 0.3) is 0 Å². The van der Waals surface area contributed by atoms with E-state index in [0.29, 0.717) is 17.6 Å². The molecule has 1 heterocycles. The third-order valence-corrected chi connectivity index (χ3v) is 2.67. The lowest BCUT2D eigenvalue weighted by atomic mass is 10.4. The van der Waals surface area contributed by atoms with Gasteiger partial charge in [-0.3, -0.25) is 4.79 Å². The molecule has 1 aromatic rings. The molecule has 13 heavy (non-hydrogen) atoms. The molecule has 0 spiro atoms. The molecule has 0 aliphatic rings. The van der Waals surface area contributed by atoms with Crippen molar-refractivity contribution in [3.63, 3.8) is 0 Å². The van der Waals surface area contributed by atoms with E-state index in [1.807, 2.05) is 6.26 Å². The first-order chi connectivity index (χ1) is 6.24. The van der Waals surface area contributed by atoms with Crippen molar-refractivity contribution >= 4 is 17.7 Å². The van der Waals surface area contributed by atoms with E-state index in [1.165, 1.54) is 6.26 Å². The highest BCUT2D eigenvalue weighted by Crippen LogP contribution is 2.04. The molecule has 0 saturated heterocycles. The van der Waals surface area contributed by atoms with E-state index >= 15 is 0 Å². The number of furan rings is 1. The van der Waals surface area contributed by atoms with Gasteiger partial charge in [0, 0.05) is 11.8 Å². The van der Waals surface area contributed by atoms with Crippen molar-refractivity contribution in [1.82, 2.24) is 5.32 Å². The summed E-state index contributed by atoms with van der Waals surface area (Å²) < 4.78 is 4.94. The zero-order valence-electron chi connectivity index (χ0n) is 7.74. The van der Waals surface area contributed by atoms with E-state index < -0.39 is 0 Å². The number of carbonyl (C=O) groups is 1. The van der Waals surface area contributed by atoms with Gasteiger partial charge >= 0.3 is 0 Å². The second kappa shape index (κ2) is 4.97. The normalized spacial score (nSPS) is 12.5. The Labute approximate surface area is 81.9 Å². The van der Waals surface area contributed by atoms with Crippen LogP contribution in [0.1, 0.15) is 17.5 Å². The molecule has 4 heteroatoms. The summed E-state index contributed by atoms with van der Waals surface area (Å²) in [4.78, 5) is 11.3. The van der Waals surface area contributed by atoms with Gasteiger partial charge in [0.1, 0.15) is 0 Å². The summed E-state index contributed by atoms with van der Waals surface area (Å²) in [7, 11) is 0. The van der Waals surface area contributed by atoms with Crippen molar-refractivity contribution in [3.8, 4) is 0 Å². The molecule has 3 nitrogen and oxygen atoms in total. The van der Waals surface area contributed by atoms with Crippen LogP contribution >= 0.6 is 11.8 Å². The Morgan fingerprint density at radius 3 is 3.08 bits per heavy atom. The lowest BCUT2D eigenvalue weighted by Gasteiger charge is -2.07. The van der Waals surface area contributed by atoms with Gasteiger partial charge in [-0.15, -0.1) is 0 Å². The van der Waals surface area contributed by atoms with Gasteiger partial charge < -0.3 is 9.73 Å². The lowest BCUT2D eigenvalue weighted by molar-refractivity contribution is 0.0926. The predicted octanol–water partition coefficient (Wildman–Crippen LogP) is 1.76. The third-order valence-electron chi connectivity index (χ3n) is 1.70. The molecule has 0 radical (unpaired) electrons. The summed E-state index contributed by atoms with van der Waals surface area (Å²) in [6.45, 7) is 2.73. The molecule has 1 N–H and O–H groups in total. The minimum atomic E-state index is -0.147. The molecule has 1 unspecified atom stereocenters. The Kier molecular flexibility index (Phi) is 3.89. The zero-order chi connectivity index (χ0) is 9.68. The van der Waals surface area contributed by atoms with Crippen LogP contribution in [0.3, 0.4) is 0 Å². The van der Waals surface area contributed by atoms with Crippen molar-refractivity contribution in [2.24, 2.45) is 0 Å². The SMILES string of the molecule is CSC(C)CNC(=O)c1ccco1. The highest BCUT2D eigenvalue weighted by Gasteiger charge is 2.08. The van der Waals surface area contributed by atoms with Gasteiger partial charge in [0.15, 0.2) is 5.76 Å². The highest BCUT2D eigenvalue weighted by molar-refractivity contribution is 7.99. The van der Waals surface area contributed by atoms with E-state index in [1.54, 1.807) is 23.9 Å². The largest absolute Gasteiger partial charge is 0.459 e. The van der Waals surface area contributed by atoms with Crippen LogP contribution in [0.5, 0.6) is 0 Å². The second-order valence-corrected chi connectivity index (χ2v) is 4.01. The number of hydrogen-bond acceptors (Lipinski definition) is 3. The number of thioether (sulfide) groups is 1. The van der Waals surface area contributed by atoms with Gasteiger partial charge in [0.2, 0.25) is 0 Å². The van der Waals surface area contributed by atoms with Crippen LogP contribution < -0.4 is 5.32 Å². The van der Waals surface area contributed by atoms with Crippen LogP contribution in [0.15, 0.2) is 22.8 Å². The first-order valence-electron chi connectivity index (χ1n) is 4.08. The maximum atomic E-state index is 11.3. The van der Waals surface area contributed by atoms with Crippen molar-refractivity contribution in [2.75, 3.05) is 12.8 Å². The van der Waals surface area contributed by atoms with Crippen LogP contribution in [0.2, 0.25) is 0 Å². The Hall–Kier alpha value is -0.900. The Bertz CT molecular complexity index is 259. The van der Waals surface area contributed by atoms with Crippen molar-refractivity contribution in [3.05, 3.63) is 24.2 Å². The molecule has 0 fully saturated rings. The number of rotatable bonds is 4. The van der Waals surface area contributed by atoms with E-state index in [-0.39, 0.29) is 5.91 Å². The molecule has 0 aliphatic carbocycles. The molecule has 1 atom stereocenters. The lowest BCUT2D eigenvalue weighted by Crippen LogP contribution is -2.28. The summed E-state index contributed by atoms with van der Waals surface area (Å²) in [5, 5.41) is 3.21. The van der Waals surface area contributed by atoms with Gasteiger partial charge in [-0.2, -0.15) is 11.8 Å². The second-order valence-electron chi connectivity index (χ2n) is 2.73. The fourth-order valence-electron chi connectivity index (χ4n) is 0.815. The van der Waals surface area contributed by atoms with Gasteiger partial charge in [0.25, 0.3) is 5.91 Å². The van der Waals surface area contributed by atoms with E-state index in [4.69, 9.17) is 4.42 Å². The molecule has 0 bridgehead atoms. The van der Waals surface area contributed by atoms with Crippen LogP contribution in [0, 0.1) is 0 Å². The number of nitrogens with one attached hydrogen (secondary N) is 1. The third kappa shape index (κ3) is 3.14. The van der Waals surface area contributed by atoms with Crippen LogP contribution in [-0.4, -0.2) is 24.0 Å². The molecule has 0 aliphatic heterocycles. The minimum absolute atomic E-state index is 0.147. The van der Waals surface area contributed by atoms with Crippen molar-refractivity contribution < 1.29 is 9.21 Å². The molecular formula is C9H13NO2S. The summed E-state index contributed by atoms with van der Waals surface area (Å²) in [6.07, 6.45) is 3.51. The predicted molar refractivity (Wildman–Crippen MR) is 54.0 cm³/mol. The number of carbonyl (C=O) groups excluding carboxylic acids is 1. The van der Waals surface area contributed by atoms with E-state index in [9.17, 15) is 4.79 Å². The van der Waals surface area contributed by atoms with E-state index in [0.717, 1.165) is 0 Å². The van der Waals surface area contributed by atoms with Crippen molar-refractivity contribution in [1.29, 1.82) is 0 Å². The van der Waals surface area contributed by atoms with Gasteiger partial charge in [-0.25, -0.2) is 0 Å². The van der Waals surface area contributed by atoms with Crippen molar-refractivity contribution in [2.45, 2.75) is 12.2 Å². The Morgan fingerprint density at radius 1 is 1.77 bits per heavy atom. The average molecular weight is 199 g/mol. The fraction of sp³-hybridized carbons (Fsp3) is 0.444. The molecule has 1 amide bonds. The summed E-state index contributed by atoms with van der Waals surface area (Å²) in [5.74, 6) is 0.221. The summed E-state index contributed by atoms with van der Waals surface area (Å²) in [6, 6.07) is 3.35. The highest BCUT2D eigenvalue weighted by atomic mass is 32.2. The maximum Gasteiger partial charge on any atom is 0.287 e. The molecule has 0 saturated carbocycles. The Morgan fingerprint density at radius 2 is 2.54 bits per heavy atom. The number of hydrogen-bond donors (Lipinski definition) is 1. The minimum Gasteiger partial charge on any atom is -0.459 e. The molecule has 1 aromatic heterocycles. The fourth-order valence-corrected chi connectivity index (χ4v) is 1.06. The van der Waals surface area contributed by atoms with Crippen LogP contribution in [0.4, 0.5) is 0 Å². The number of amides is 1. The smallest absolute Gasteiger partial charge is 0.287 e.